The fourth-order valence-corrected chi connectivity index (χ4v) is 1.88. The number of nitrogens with one attached hydrogen (secondary N) is 1. The second-order valence-corrected chi connectivity index (χ2v) is 3.97. The summed E-state index contributed by atoms with van der Waals surface area (Å²) >= 11 is 4.53. The molecule has 1 heterocycles. The number of hydrogen-bond acceptors (Lipinski definition) is 3. The molecule has 5 heteroatoms. The van der Waals surface area contributed by atoms with Crippen molar-refractivity contribution in [1.82, 2.24) is 0 Å². The number of nitrogens with zero attached hydrogens (tertiary/aromatic N) is 1. The third kappa shape index (κ3) is 2.83. The molecule has 0 aromatic carbocycles. The first-order chi connectivity index (χ1) is 6.27. The van der Waals surface area contributed by atoms with Gasteiger partial charge in [-0.2, -0.15) is 5.26 Å². The number of anilines is 1. The van der Waals surface area contributed by atoms with Crippen molar-refractivity contribution in [3.8, 4) is 6.07 Å². The number of halogens is 1. The molecule has 1 amide bonds. The standard InChI is InChI=1S/C8H7BrN2OS/c9-3-1-7(12)11-8-6(5-10)2-4-13-8/h2,4H,1,3H2,(H,11,12). The van der Waals surface area contributed by atoms with Gasteiger partial charge < -0.3 is 5.32 Å². The summed E-state index contributed by atoms with van der Waals surface area (Å²) in [4.78, 5) is 11.1. The van der Waals surface area contributed by atoms with Gasteiger partial charge in [0.1, 0.15) is 11.1 Å². The van der Waals surface area contributed by atoms with Crippen molar-refractivity contribution in [3.63, 3.8) is 0 Å². The quantitative estimate of drug-likeness (QED) is 0.847. The lowest BCUT2D eigenvalue weighted by molar-refractivity contribution is -0.115. The number of thiophene rings is 1. The highest BCUT2D eigenvalue weighted by Gasteiger charge is 2.06. The van der Waals surface area contributed by atoms with E-state index in [1.807, 2.05) is 6.07 Å². The van der Waals surface area contributed by atoms with Crippen LogP contribution < -0.4 is 5.32 Å². The Morgan fingerprint density at radius 3 is 3.15 bits per heavy atom. The van der Waals surface area contributed by atoms with E-state index >= 15 is 0 Å². The Kier molecular flexibility index (Phi) is 3.93. The molecule has 13 heavy (non-hydrogen) atoms. The third-order valence-electron chi connectivity index (χ3n) is 1.36. The van der Waals surface area contributed by atoms with E-state index in [1.54, 1.807) is 11.4 Å². The molecule has 0 aliphatic rings. The first kappa shape index (κ1) is 10.2. The number of rotatable bonds is 3. The van der Waals surface area contributed by atoms with Crippen molar-refractivity contribution in [3.05, 3.63) is 17.0 Å². The van der Waals surface area contributed by atoms with Crippen LogP contribution in [0.3, 0.4) is 0 Å². The molecule has 0 aliphatic carbocycles. The molecule has 1 aromatic rings. The van der Waals surface area contributed by atoms with E-state index in [0.717, 1.165) is 0 Å². The molecule has 0 fully saturated rings. The van der Waals surface area contributed by atoms with Crippen LogP contribution in [0.1, 0.15) is 12.0 Å². The fraction of sp³-hybridized carbons (Fsp3) is 0.250. The van der Waals surface area contributed by atoms with Crippen molar-refractivity contribution >= 4 is 38.2 Å². The Labute approximate surface area is 88.5 Å². The zero-order chi connectivity index (χ0) is 9.68. The molecule has 0 aliphatic heterocycles. The van der Waals surface area contributed by atoms with Crippen molar-refractivity contribution < 1.29 is 4.79 Å². The molecule has 0 bridgehead atoms. The monoisotopic (exact) mass is 258 g/mol. The molecular formula is C8H7BrN2OS. The minimum Gasteiger partial charge on any atom is -0.317 e. The topological polar surface area (TPSA) is 52.9 Å². The Bertz CT molecular complexity index is 342. The van der Waals surface area contributed by atoms with E-state index in [1.165, 1.54) is 11.3 Å². The number of nitriles is 1. The zero-order valence-corrected chi connectivity index (χ0v) is 9.11. The summed E-state index contributed by atoms with van der Waals surface area (Å²) in [6.45, 7) is 0. The van der Waals surface area contributed by atoms with E-state index in [-0.39, 0.29) is 5.91 Å². The summed E-state index contributed by atoms with van der Waals surface area (Å²) in [6.07, 6.45) is 0.419. The summed E-state index contributed by atoms with van der Waals surface area (Å²) in [5.41, 5.74) is 0.521. The van der Waals surface area contributed by atoms with Gasteiger partial charge in [0, 0.05) is 11.8 Å². The van der Waals surface area contributed by atoms with E-state index in [0.29, 0.717) is 22.3 Å². The van der Waals surface area contributed by atoms with Gasteiger partial charge in [-0.3, -0.25) is 4.79 Å². The molecule has 0 saturated heterocycles. The van der Waals surface area contributed by atoms with Crippen molar-refractivity contribution in [2.24, 2.45) is 0 Å². The Morgan fingerprint density at radius 2 is 2.54 bits per heavy atom. The lowest BCUT2D eigenvalue weighted by Gasteiger charge is -1.99. The predicted octanol–water partition coefficient (Wildman–Crippen LogP) is 2.34. The Morgan fingerprint density at radius 1 is 1.77 bits per heavy atom. The number of amides is 1. The van der Waals surface area contributed by atoms with Gasteiger partial charge >= 0.3 is 0 Å². The molecule has 0 saturated carbocycles. The van der Waals surface area contributed by atoms with Crippen molar-refractivity contribution in [2.45, 2.75) is 6.42 Å². The largest absolute Gasteiger partial charge is 0.317 e. The number of carbonyl (C=O) groups is 1. The van der Waals surface area contributed by atoms with E-state index < -0.39 is 0 Å². The average Bonchev–Trinajstić information content (AvgIpc) is 2.52. The molecule has 0 radical (unpaired) electrons. The van der Waals surface area contributed by atoms with Crippen LogP contribution in [0.5, 0.6) is 0 Å². The summed E-state index contributed by atoms with van der Waals surface area (Å²) in [5.74, 6) is -0.0733. The Hall–Kier alpha value is -0.860. The maximum Gasteiger partial charge on any atom is 0.225 e. The van der Waals surface area contributed by atoms with Crippen LogP contribution in [0.2, 0.25) is 0 Å². The second-order valence-electron chi connectivity index (χ2n) is 2.26. The van der Waals surface area contributed by atoms with Gasteiger partial charge in [0.2, 0.25) is 5.91 Å². The minimum absolute atomic E-state index is 0.0733. The second kappa shape index (κ2) is 5.00. The molecule has 3 nitrogen and oxygen atoms in total. The van der Waals surface area contributed by atoms with Crippen LogP contribution >= 0.6 is 27.3 Å². The first-order valence-corrected chi connectivity index (χ1v) is 5.61. The lowest BCUT2D eigenvalue weighted by Crippen LogP contribution is -2.11. The maximum absolute atomic E-state index is 11.1. The molecule has 1 N–H and O–H groups in total. The highest BCUT2D eigenvalue weighted by Crippen LogP contribution is 2.22. The average molecular weight is 259 g/mol. The number of hydrogen-bond donors (Lipinski definition) is 1. The van der Waals surface area contributed by atoms with Gasteiger partial charge in [-0.05, 0) is 11.4 Å². The molecule has 0 atom stereocenters. The first-order valence-electron chi connectivity index (χ1n) is 3.61. The molecule has 1 rings (SSSR count). The normalized spacial score (nSPS) is 9.23. The molecular weight excluding hydrogens is 252 g/mol. The van der Waals surface area contributed by atoms with Crippen LogP contribution in [-0.2, 0) is 4.79 Å². The van der Waals surface area contributed by atoms with Crippen molar-refractivity contribution in [1.29, 1.82) is 5.26 Å². The Balaban J connectivity index is 2.64. The minimum atomic E-state index is -0.0733. The summed E-state index contributed by atoms with van der Waals surface area (Å²) < 4.78 is 0. The molecule has 68 valence electrons. The van der Waals surface area contributed by atoms with Gasteiger partial charge in [0.05, 0.1) is 5.56 Å². The van der Waals surface area contributed by atoms with Gasteiger partial charge in [-0.1, -0.05) is 15.9 Å². The van der Waals surface area contributed by atoms with Crippen LogP contribution in [0.15, 0.2) is 11.4 Å². The highest BCUT2D eigenvalue weighted by atomic mass is 79.9. The summed E-state index contributed by atoms with van der Waals surface area (Å²) in [5, 5.41) is 14.4. The molecule has 0 unspecified atom stereocenters. The van der Waals surface area contributed by atoms with E-state index in [2.05, 4.69) is 21.2 Å². The van der Waals surface area contributed by atoms with E-state index in [9.17, 15) is 4.79 Å². The highest BCUT2D eigenvalue weighted by molar-refractivity contribution is 9.09. The summed E-state index contributed by atoms with van der Waals surface area (Å²) in [6, 6.07) is 3.70. The molecule has 0 spiro atoms. The number of alkyl halides is 1. The maximum atomic E-state index is 11.1. The smallest absolute Gasteiger partial charge is 0.225 e. The summed E-state index contributed by atoms with van der Waals surface area (Å²) in [7, 11) is 0. The van der Waals surface area contributed by atoms with Crippen LogP contribution in [0, 0.1) is 11.3 Å². The van der Waals surface area contributed by atoms with Gasteiger partial charge in [-0.25, -0.2) is 0 Å². The number of carbonyl (C=O) groups excluding carboxylic acids is 1. The van der Waals surface area contributed by atoms with Crippen LogP contribution in [-0.4, -0.2) is 11.2 Å². The van der Waals surface area contributed by atoms with Gasteiger partial charge in [-0.15, -0.1) is 11.3 Å². The van der Waals surface area contributed by atoms with Crippen LogP contribution in [0.4, 0.5) is 5.00 Å². The third-order valence-corrected chi connectivity index (χ3v) is 2.59. The zero-order valence-electron chi connectivity index (χ0n) is 6.71. The van der Waals surface area contributed by atoms with Gasteiger partial charge in [0.25, 0.3) is 0 Å². The lowest BCUT2D eigenvalue weighted by atomic mass is 10.3. The molecule has 1 aromatic heterocycles. The van der Waals surface area contributed by atoms with Gasteiger partial charge in [0.15, 0.2) is 0 Å². The SMILES string of the molecule is N#Cc1ccsc1NC(=O)CCBr. The van der Waals surface area contributed by atoms with E-state index in [4.69, 9.17) is 5.26 Å². The predicted molar refractivity (Wildman–Crippen MR) is 56.1 cm³/mol. The van der Waals surface area contributed by atoms with Crippen molar-refractivity contribution in [2.75, 3.05) is 10.6 Å². The van der Waals surface area contributed by atoms with Crippen LogP contribution in [0.25, 0.3) is 0 Å². The fourth-order valence-electron chi connectivity index (χ4n) is 0.769.